The normalized spacial score (nSPS) is 12.8. The maximum atomic E-state index is 5.77. The van der Waals surface area contributed by atoms with E-state index in [1.165, 1.54) is 0 Å². The molecule has 4 nitrogen and oxygen atoms in total. The number of nitrogens with one attached hydrogen (secondary N) is 2. The fraction of sp³-hybridized carbons (Fsp3) is 0.438. The van der Waals surface area contributed by atoms with E-state index in [2.05, 4.69) is 42.5 Å². The predicted molar refractivity (Wildman–Crippen MR) is 99.3 cm³/mol. The van der Waals surface area contributed by atoms with Crippen LogP contribution < -0.4 is 10.6 Å². The number of benzene rings is 1. The second-order valence-electron chi connectivity index (χ2n) is 4.90. The number of hydrogen-bond acceptors (Lipinski definition) is 2. The van der Waals surface area contributed by atoms with Crippen LogP contribution in [-0.4, -0.2) is 18.5 Å². The van der Waals surface area contributed by atoms with E-state index in [-0.39, 0.29) is 24.0 Å². The summed E-state index contributed by atoms with van der Waals surface area (Å²) in [6.45, 7) is 7.76. The first-order valence-corrected chi connectivity index (χ1v) is 7.25. The fourth-order valence-corrected chi connectivity index (χ4v) is 1.93. The van der Waals surface area contributed by atoms with E-state index in [0.29, 0.717) is 12.6 Å². The smallest absolute Gasteiger partial charge is 0.191 e. The Morgan fingerprint density at radius 3 is 2.71 bits per heavy atom. The maximum absolute atomic E-state index is 5.77. The largest absolute Gasteiger partial charge is 0.459 e. The third kappa shape index (κ3) is 5.22. The highest BCUT2D eigenvalue weighted by molar-refractivity contribution is 14.0. The molecule has 1 atom stereocenters. The molecule has 1 aromatic carbocycles. The molecule has 0 saturated heterocycles. The van der Waals surface area contributed by atoms with Crippen molar-refractivity contribution in [1.29, 1.82) is 0 Å². The molecule has 21 heavy (non-hydrogen) atoms. The summed E-state index contributed by atoms with van der Waals surface area (Å²) < 4.78 is 5.77. The summed E-state index contributed by atoms with van der Waals surface area (Å²) in [5.74, 6) is 1.72. The Hall–Kier alpha value is -1.24. The number of guanidine groups is 1. The van der Waals surface area contributed by atoms with Crippen molar-refractivity contribution in [2.24, 2.45) is 4.99 Å². The molecular weight excluding hydrogens is 377 g/mol. The first-order valence-electron chi connectivity index (χ1n) is 7.25. The highest BCUT2D eigenvalue weighted by Gasteiger charge is 2.05. The molecule has 1 aromatic heterocycles. The lowest BCUT2D eigenvalue weighted by Crippen LogP contribution is -2.41. The highest BCUT2D eigenvalue weighted by atomic mass is 127. The SMILES string of the molecule is CCNC(=NCc1cc2ccccc2o1)NC(C)CC.I. The van der Waals surface area contributed by atoms with Gasteiger partial charge in [-0.3, -0.25) is 0 Å². The summed E-state index contributed by atoms with van der Waals surface area (Å²) in [5, 5.41) is 7.74. The monoisotopic (exact) mass is 401 g/mol. The molecule has 0 amide bonds. The molecule has 2 aromatic rings. The van der Waals surface area contributed by atoms with Crippen molar-refractivity contribution < 1.29 is 4.42 Å². The zero-order valence-electron chi connectivity index (χ0n) is 12.8. The third-order valence-electron chi connectivity index (χ3n) is 3.21. The van der Waals surface area contributed by atoms with Gasteiger partial charge in [-0.05, 0) is 32.4 Å². The van der Waals surface area contributed by atoms with Gasteiger partial charge >= 0.3 is 0 Å². The molecule has 5 heteroatoms. The number of halogens is 1. The van der Waals surface area contributed by atoms with E-state index in [4.69, 9.17) is 4.42 Å². The van der Waals surface area contributed by atoms with Crippen LogP contribution in [0.1, 0.15) is 33.0 Å². The molecule has 1 unspecified atom stereocenters. The van der Waals surface area contributed by atoms with E-state index in [1.54, 1.807) is 0 Å². The third-order valence-corrected chi connectivity index (χ3v) is 3.21. The molecule has 1 heterocycles. The summed E-state index contributed by atoms with van der Waals surface area (Å²) in [5.41, 5.74) is 0.914. The molecule has 116 valence electrons. The minimum atomic E-state index is 0. The van der Waals surface area contributed by atoms with Crippen LogP contribution in [0, 0.1) is 0 Å². The zero-order valence-corrected chi connectivity index (χ0v) is 15.2. The molecule has 0 fully saturated rings. The number of hydrogen-bond donors (Lipinski definition) is 2. The predicted octanol–water partition coefficient (Wildman–Crippen LogP) is 3.90. The van der Waals surface area contributed by atoms with Crippen LogP contribution >= 0.6 is 24.0 Å². The van der Waals surface area contributed by atoms with Gasteiger partial charge in [0.05, 0.1) is 0 Å². The molecule has 0 aliphatic heterocycles. The lowest BCUT2D eigenvalue weighted by Gasteiger charge is -2.15. The number of fused-ring (bicyclic) bond motifs is 1. The maximum Gasteiger partial charge on any atom is 0.191 e. The van der Waals surface area contributed by atoms with E-state index in [1.807, 2.05) is 24.3 Å². The standard InChI is InChI=1S/C16H23N3O.HI/c1-4-12(3)19-16(17-5-2)18-11-14-10-13-8-6-7-9-15(13)20-14;/h6-10,12H,4-5,11H2,1-3H3,(H2,17,18,19);1H. The van der Waals surface area contributed by atoms with Crippen LogP contribution in [0.15, 0.2) is 39.7 Å². The number of nitrogens with zero attached hydrogens (tertiary/aromatic N) is 1. The summed E-state index contributed by atoms with van der Waals surface area (Å²) in [4.78, 5) is 4.57. The van der Waals surface area contributed by atoms with Crippen molar-refractivity contribution in [2.45, 2.75) is 39.8 Å². The van der Waals surface area contributed by atoms with Crippen molar-refractivity contribution in [2.75, 3.05) is 6.54 Å². The lowest BCUT2D eigenvalue weighted by atomic mass is 10.2. The van der Waals surface area contributed by atoms with Crippen LogP contribution in [0.25, 0.3) is 11.0 Å². The molecule has 0 radical (unpaired) electrons. The Balaban J connectivity index is 0.00000220. The van der Waals surface area contributed by atoms with Crippen molar-refractivity contribution in [1.82, 2.24) is 10.6 Å². The first-order chi connectivity index (χ1) is 9.72. The molecular formula is C16H24IN3O. The Morgan fingerprint density at radius 1 is 1.29 bits per heavy atom. The second-order valence-corrected chi connectivity index (χ2v) is 4.90. The Kier molecular flexibility index (Phi) is 7.56. The van der Waals surface area contributed by atoms with Gasteiger partial charge in [-0.25, -0.2) is 4.99 Å². The lowest BCUT2D eigenvalue weighted by molar-refractivity contribution is 0.550. The first kappa shape index (κ1) is 17.8. The minimum absolute atomic E-state index is 0. The van der Waals surface area contributed by atoms with Crippen molar-refractivity contribution in [3.05, 3.63) is 36.1 Å². The molecule has 2 rings (SSSR count). The van der Waals surface area contributed by atoms with E-state index >= 15 is 0 Å². The summed E-state index contributed by atoms with van der Waals surface area (Å²) in [7, 11) is 0. The average molecular weight is 401 g/mol. The number of rotatable bonds is 5. The van der Waals surface area contributed by atoms with Crippen LogP contribution in [0.2, 0.25) is 0 Å². The second kappa shape index (κ2) is 8.92. The summed E-state index contributed by atoms with van der Waals surface area (Å²) in [6.07, 6.45) is 1.06. The van der Waals surface area contributed by atoms with Crippen LogP contribution in [0.5, 0.6) is 0 Å². The van der Waals surface area contributed by atoms with Crippen LogP contribution in [0.4, 0.5) is 0 Å². The summed E-state index contributed by atoms with van der Waals surface area (Å²) in [6, 6.07) is 10.5. The van der Waals surface area contributed by atoms with Crippen LogP contribution in [0.3, 0.4) is 0 Å². The molecule has 0 spiro atoms. The van der Waals surface area contributed by atoms with Gasteiger partial charge in [0, 0.05) is 18.0 Å². The van der Waals surface area contributed by atoms with Gasteiger partial charge in [0.1, 0.15) is 17.9 Å². The minimum Gasteiger partial charge on any atom is -0.459 e. The van der Waals surface area contributed by atoms with Gasteiger partial charge in [-0.2, -0.15) is 0 Å². The van der Waals surface area contributed by atoms with E-state index < -0.39 is 0 Å². The van der Waals surface area contributed by atoms with E-state index in [0.717, 1.165) is 35.7 Å². The zero-order chi connectivity index (χ0) is 14.4. The van der Waals surface area contributed by atoms with Gasteiger partial charge in [0.15, 0.2) is 5.96 Å². The molecule has 0 bridgehead atoms. The van der Waals surface area contributed by atoms with Gasteiger partial charge in [0.2, 0.25) is 0 Å². The van der Waals surface area contributed by atoms with Crippen molar-refractivity contribution >= 4 is 40.9 Å². The quantitative estimate of drug-likeness (QED) is 0.454. The summed E-state index contributed by atoms with van der Waals surface area (Å²) >= 11 is 0. The molecule has 2 N–H and O–H groups in total. The Bertz CT molecular complexity index is 547. The van der Waals surface area contributed by atoms with Gasteiger partial charge in [-0.1, -0.05) is 25.1 Å². The number of aliphatic imine (C=N–C) groups is 1. The Morgan fingerprint density at radius 2 is 2.05 bits per heavy atom. The highest BCUT2D eigenvalue weighted by Crippen LogP contribution is 2.19. The number of para-hydroxylation sites is 1. The van der Waals surface area contributed by atoms with Crippen molar-refractivity contribution in [3.8, 4) is 0 Å². The van der Waals surface area contributed by atoms with Crippen molar-refractivity contribution in [3.63, 3.8) is 0 Å². The van der Waals surface area contributed by atoms with Gasteiger partial charge < -0.3 is 15.1 Å². The topological polar surface area (TPSA) is 49.6 Å². The number of furan rings is 1. The fourth-order valence-electron chi connectivity index (χ4n) is 1.93. The molecule has 0 saturated carbocycles. The van der Waals surface area contributed by atoms with E-state index in [9.17, 15) is 0 Å². The Labute approximate surface area is 143 Å². The van der Waals surface area contributed by atoms with Crippen LogP contribution in [-0.2, 0) is 6.54 Å². The molecule has 0 aliphatic rings. The van der Waals surface area contributed by atoms with Gasteiger partial charge in [-0.15, -0.1) is 24.0 Å². The average Bonchev–Trinajstić information content (AvgIpc) is 2.87. The van der Waals surface area contributed by atoms with Gasteiger partial charge in [0.25, 0.3) is 0 Å². The molecule has 0 aliphatic carbocycles.